The summed E-state index contributed by atoms with van der Waals surface area (Å²) in [5.74, 6) is -0.613. The third-order valence-corrected chi connectivity index (χ3v) is 6.69. The summed E-state index contributed by atoms with van der Waals surface area (Å²) in [5, 5.41) is 11.3. The topological polar surface area (TPSA) is 113 Å². The van der Waals surface area contributed by atoms with Crippen LogP contribution in [0.15, 0.2) is 69.6 Å². The van der Waals surface area contributed by atoms with Crippen LogP contribution in [-0.2, 0) is 14.3 Å². The van der Waals surface area contributed by atoms with Crippen molar-refractivity contribution in [2.24, 2.45) is 4.99 Å². The summed E-state index contributed by atoms with van der Waals surface area (Å²) in [5.41, 5.74) is 1.39. The van der Waals surface area contributed by atoms with Crippen molar-refractivity contribution >= 4 is 40.7 Å². The fourth-order valence-corrected chi connectivity index (χ4v) is 5.00. The first-order valence-corrected chi connectivity index (χ1v) is 11.7. The quantitative estimate of drug-likeness (QED) is 0.208. The number of thiazole rings is 1. The number of nitro groups is 1. The molecule has 2 heterocycles. The minimum Gasteiger partial charge on any atom is -0.460 e. The second kappa shape index (κ2) is 10.3. The van der Waals surface area contributed by atoms with Crippen LogP contribution in [0.5, 0.6) is 0 Å². The van der Waals surface area contributed by atoms with E-state index in [1.807, 2.05) is 0 Å². The van der Waals surface area contributed by atoms with E-state index in [2.05, 4.69) is 4.99 Å². The Balaban J connectivity index is 1.87. The molecule has 9 nitrogen and oxygen atoms in total. The molecule has 2 aromatic carbocycles. The molecule has 0 aliphatic carbocycles. The van der Waals surface area contributed by atoms with Gasteiger partial charge in [0, 0.05) is 24.3 Å². The standard InChI is InChI=1S/C24H20ClN3O6S/c1-14-20(23(30)34-12-11-33-2)21(17-5-3-4-6-18(17)25)27-22(29)19(35-24(27)26-14)13-15-7-9-16(10-8-15)28(31)32/h3-10,13,21H,11-12H2,1-2H3. The number of carbonyl (C=O) groups is 1. The lowest BCUT2D eigenvalue weighted by molar-refractivity contribution is -0.384. The van der Waals surface area contributed by atoms with Crippen LogP contribution in [0.25, 0.3) is 6.08 Å². The predicted octanol–water partition coefficient (Wildman–Crippen LogP) is 2.99. The number of hydrogen-bond donors (Lipinski definition) is 0. The van der Waals surface area contributed by atoms with Gasteiger partial charge in [0.2, 0.25) is 0 Å². The average Bonchev–Trinajstić information content (AvgIpc) is 3.13. The number of fused-ring (bicyclic) bond motifs is 1. The highest BCUT2D eigenvalue weighted by atomic mass is 35.5. The number of nitrogens with zero attached hydrogens (tertiary/aromatic N) is 3. The Morgan fingerprint density at radius 3 is 2.60 bits per heavy atom. The monoisotopic (exact) mass is 513 g/mol. The van der Waals surface area contributed by atoms with Crippen LogP contribution in [0.2, 0.25) is 5.02 Å². The first-order chi connectivity index (χ1) is 16.8. The first kappa shape index (κ1) is 24.5. The van der Waals surface area contributed by atoms with Gasteiger partial charge in [-0.25, -0.2) is 9.79 Å². The number of hydrogen-bond acceptors (Lipinski definition) is 8. The number of ether oxygens (including phenoxy) is 2. The molecule has 0 fully saturated rings. The highest BCUT2D eigenvalue weighted by Gasteiger charge is 2.34. The average molecular weight is 514 g/mol. The van der Waals surface area contributed by atoms with Gasteiger partial charge in [0.05, 0.1) is 27.3 Å². The van der Waals surface area contributed by atoms with Crippen molar-refractivity contribution in [3.63, 3.8) is 0 Å². The molecule has 1 atom stereocenters. The molecular weight excluding hydrogens is 494 g/mol. The Morgan fingerprint density at radius 2 is 1.94 bits per heavy atom. The van der Waals surface area contributed by atoms with Crippen LogP contribution in [0, 0.1) is 10.1 Å². The van der Waals surface area contributed by atoms with Crippen molar-refractivity contribution in [3.05, 3.63) is 106 Å². The van der Waals surface area contributed by atoms with E-state index < -0.39 is 16.9 Å². The molecule has 35 heavy (non-hydrogen) atoms. The molecule has 0 saturated heterocycles. The van der Waals surface area contributed by atoms with Gasteiger partial charge in [-0.05, 0) is 42.3 Å². The van der Waals surface area contributed by atoms with Crippen LogP contribution >= 0.6 is 22.9 Å². The van der Waals surface area contributed by atoms with E-state index in [0.29, 0.717) is 31.2 Å². The third kappa shape index (κ3) is 4.95. The van der Waals surface area contributed by atoms with Gasteiger partial charge >= 0.3 is 5.97 Å². The summed E-state index contributed by atoms with van der Waals surface area (Å²) in [4.78, 5) is 42.0. The van der Waals surface area contributed by atoms with E-state index in [-0.39, 0.29) is 30.0 Å². The van der Waals surface area contributed by atoms with Gasteiger partial charge in [0.15, 0.2) is 4.80 Å². The second-order valence-corrected chi connectivity index (χ2v) is 9.00. The van der Waals surface area contributed by atoms with Crippen LogP contribution in [-0.4, -0.2) is 35.8 Å². The molecule has 180 valence electrons. The number of rotatable bonds is 7. The Bertz CT molecular complexity index is 1510. The van der Waals surface area contributed by atoms with Gasteiger partial charge in [-0.2, -0.15) is 0 Å². The highest BCUT2D eigenvalue weighted by molar-refractivity contribution is 7.07. The number of non-ortho nitro benzene ring substituents is 1. The summed E-state index contributed by atoms with van der Waals surface area (Å²) in [6.07, 6.45) is 1.63. The van der Waals surface area contributed by atoms with E-state index >= 15 is 0 Å². The molecule has 0 amide bonds. The lowest BCUT2D eigenvalue weighted by atomic mass is 9.96. The van der Waals surface area contributed by atoms with Crippen LogP contribution in [0.4, 0.5) is 5.69 Å². The molecule has 1 aromatic heterocycles. The minimum absolute atomic E-state index is 0.0467. The van der Waals surface area contributed by atoms with E-state index in [1.54, 1.807) is 49.4 Å². The van der Waals surface area contributed by atoms with Gasteiger partial charge in [0.25, 0.3) is 11.2 Å². The zero-order valence-corrected chi connectivity index (χ0v) is 20.3. The molecule has 0 radical (unpaired) electrons. The number of aromatic nitrogens is 1. The van der Waals surface area contributed by atoms with Crippen LogP contribution in [0.1, 0.15) is 24.1 Å². The molecule has 3 aromatic rings. The maximum absolute atomic E-state index is 13.6. The maximum Gasteiger partial charge on any atom is 0.338 e. The SMILES string of the molecule is COCCOC(=O)C1=C(C)N=c2sc(=Cc3ccc([N+](=O)[O-])cc3)c(=O)n2C1c1ccccc1Cl. The predicted molar refractivity (Wildman–Crippen MR) is 131 cm³/mol. The minimum atomic E-state index is -0.839. The first-order valence-electron chi connectivity index (χ1n) is 10.5. The van der Waals surface area contributed by atoms with E-state index in [1.165, 1.54) is 23.8 Å². The summed E-state index contributed by atoms with van der Waals surface area (Å²) in [7, 11) is 1.50. The summed E-state index contributed by atoms with van der Waals surface area (Å²) in [6.45, 7) is 1.96. The molecule has 0 saturated carbocycles. The molecule has 0 spiro atoms. The number of methoxy groups -OCH3 is 1. The van der Waals surface area contributed by atoms with Gasteiger partial charge in [0.1, 0.15) is 12.6 Å². The molecule has 1 unspecified atom stereocenters. The number of nitro benzene ring substituents is 1. The Labute approximate surface area is 208 Å². The van der Waals surface area contributed by atoms with Gasteiger partial charge in [-0.3, -0.25) is 19.5 Å². The Kier molecular flexibility index (Phi) is 7.25. The lowest BCUT2D eigenvalue weighted by Gasteiger charge is -2.25. The van der Waals surface area contributed by atoms with Crippen molar-refractivity contribution < 1.29 is 19.2 Å². The molecule has 11 heteroatoms. The molecule has 0 bridgehead atoms. The zero-order valence-electron chi connectivity index (χ0n) is 18.8. The highest BCUT2D eigenvalue weighted by Crippen LogP contribution is 2.34. The smallest absolute Gasteiger partial charge is 0.338 e. The van der Waals surface area contributed by atoms with Crippen molar-refractivity contribution in [1.82, 2.24) is 4.57 Å². The van der Waals surface area contributed by atoms with Crippen LogP contribution < -0.4 is 14.9 Å². The second-order valence-electron chi connectivity index (χ2n) is 7.58. The molecule has 0 N–H and O–H groups in total. The number of carbonyl (C=O) groups excluding carboxylic acids is 1. The largest absolute Gasteiger partial charge is 0.460 e. The number of benzene rings is 2. The molecular formula is C24H20ClN3O6S. The Hall–Kier alpha value is -3.60. The Morgan fingerprint density at radius 1 is 1.23 bits per heavy atom. The van der Waals surface area contributed by atoms with Gasteiger partial charge < -0.3 is 9.47 Å². The fraction of sp³-hybridized carbons (Fsp3) is 0.208. The van der Waals surface area contributed by atoms with Crippen molar-refractivity contribution in [1.29, 1.82) is 0 Å². The number of allylic oxidation sites excluding steroid dienone is 1. The number of halogens is 1. The molecule has 1 aliphatic heterocycles. The summed E-state index contributed by atoms with van der Waals surface area (Å²) >= 11 is 7.65. The van der Waals surface area contributed by atoms with E-state index in [9.17, 15) is 19.7 Å². The normalized spacial score (nSPS) is 15.5. The van der Waals surface area contributed by atoms with Crippen molar-refractivity contribution in [2.75, 3.05) is 20.3 Å². The molecule has 4 rings (SSSR count). The van der Waals surface area contributed by atoms with Gasteiger partial charge in [-0.15, -0.1) is 0 Å². The summed E-state index contributed by atoms with van der Waals surface area (Å²) in [6, 6.07) is 12.0. The van der Waals surface area contributed by atoms with E-state index in [4.69, 9.17) is 21.1 Å². The third-order valence-electron chi connectivity index (χ3n) is 5.36. The molecule has 1 aliphatic rings. The summed E-state index contributed by atoms with van der Waals surface area (Å²) < 4.78 is 12.1. The van der Waals surface area contributed by atoms with E-state index in [0.717, 1.165) is 11.3 Å². The lowest BCUT2D eigenvalue weighted by Crippen LogP contribution is -2.40. The van der Waals surface area contributed by atoms with Crippen molar-refractivity contribution in [3.8, 4) is 0 Å². The fourth-order valence-electron chi connectivity index (χ4n) is 3.71. The number of esters is 1. The van der Waals surface area contributed by atoms with Crippen molar-refractivity contribution in [2.45, 2.75) is 13.0 Å². The zero-order chi connectivity index (χ0) is 25.1. The van der Waals surface area contributed by atoms with Gasteiger partial charge in [-0.1, -0.05) is 41.1 Å². The van der Waals surface area contributed by atoms with Crippen LogP contribution in [0.3, 0.4) is 0 Å². The maximum atomic E-state index is 13.6.